The number of nitrogens with zero attached hydrogens (tertiary/aromatic N) is 7. The zero-order valence-corrected chi connectivity index (χ0v) is 20.7. The number of hydrogen-bond acceptors (Lipinski definition) is 8. The van der Waals surface area contributed by atoms with E-state index in [9.17, 15) is 19.0 Å². The zero-order chi connectivity index (χ0) is 26.2. The van der Waals surface area contributed by atoms with E-state index >= 15 is 0 Å². The Kier molecular flexibility index (Phi) is 6.84. The quantitative estimate of drug-likeness (QED) is 0.392. The highest BCUT2D eigenvalue weighted by molar-refractivity contribution is 5.83. The van der Waals surface area contributed by atoms with Crippen LogP contribution in [0.5, 0.6) is 0 Å². The number of benzene rings is 1. The lowest BCUT2D eigenvalue weighted by Crippen LogP contribution is -2.46. The van der Waals surface area contributed by atoms with Crippen molar-refractivity contribution in [3.8, 4) is 11.3 Å². The molecule has 2 N–H and O–H groups in total. The number of fused-ring (bicyclic) bond motifs is 1. The van der Waals surface area contributed by atoms with Crippen molar-refractivity contribution >= 4 is 16.9 Å². The summed E-state index contributed by atoms with van der Waals surface area (Å²) in [5.41, 5.74) is 1.70. The average molecular weight is 510 g/mol. The first-order valence-corrected chi connectivity index (χ1v) is 12.1. The molecule has 11 heteroatoms. The molecule has 5 rings (SSSR count). The minimum absolute atomic E-state index is 0.209. The maximum atomic E-state index is 14.1. The van der Waals surface area contributed by atoms with Gasteiger partial charge in [-0.1, -0.05) is 18.2 Å². The van der Waals surface area contributed by atoms with Crippen molar-refractivity contribution in [2.75, 3.05) is 31.1 Å². The normalized spacial score (nSPS) is 15.9. The van der Waals surface area contributed by atoms with Gasteiger partial charge in [-0.25, -0.2) is 23.4 Å². The largest absolute Gasteiger partial charge is 0.387 e. The van der Waals surface area contributed by atoms with Crippen LogP contribution in [0.2, 0.25) is 0 Å². The van der Waals surface area contributed by atoms with Crippen molar-refractivity contribution in [3.05, 3.63) is 66.0 Å². The lowest BCUT2D eigenvalue weighted by molar-refractivity contribution is -0.0516. The Labute approximate surface area is 213 Å². The summed E-state index contributed by atoms with van der Waals surface area (Å²) in [6.45, 7) is 5.44. The van der Waals surface area contributed by atoms with E-state index in [4.69, 9.17) is 9.97 Å². The highest BCUT2D eigenvalue weighted by Crippen LogP contribution is 2.32. The van der Waals surface area contributed by atoms with Gasteiger partial charge in [0.15, 0.2) is 12.6 Å². The number of aliphatic hydroxyl groups is 2. The molecule has 1 aliphatic rings. The molecule has 0 radical (unpaired) electrons. The number of pyridine rings is 1. The van der Waals surface area contributed by atoms with Crippen molar-refractivity contribution < 1.29 is 19.0 Å². The maximum Gasteiger partial charge on any atom is 0.181 e. The molecule has 194 valence electrons. The fourth-order valence-electron chi connectivity index (χ4n) is 4.43. The van der Waals surface area contributed by atoms with Crippen molar-refractivity contribution in [2.45, 2.75) is 38.9 Å². The predicted molar refractivity (Wildman–Crippen MR) is 135 cm³/mol. The molecule has 1 saturated heterocycles. The average Bonchev–Trinajstić information content (AvgIpc) is 3.38. The van der Waals surface area contributed by atoms with Gasteiger partial charge >= 0.3 is 0 Å². The van der Waals surface area contributed by atoms with Crippen LogP contribution in [0.25, 0.3) is 22.3 Å². The highest BCUT2D eigenvalue weighted by atomic mass is 19.1. The number of rotatable bonds is 7. The fraction of sp³-hybridized carbons (Fsp3) is 0.385. The Balaban J connectivity index is 1.46. The second kappa shape index (κ2) is 10.1. The van der Waals surface area contributed by atoms with E-state index in [2.05, 4.69) is 19.9 Å². The smallest absolute Gasteiger partial charge is 0.181 e. The van der Waals surface area contributed by atoms with Crippen LogP contribution in [0.1, 0.15) is 31.2 Å². The molecule has 37 heavy (non-hydrogen) atoms. The van der Waals surface area contributed by atoms with Gasteiger partial charge < -0.3 is 15.1 Å². The third kappa shape index (κ3) is 5.29. The molecule has 0 aliphatic carbocycles. The third-order valence-corrected chi connectivity index (χ3v) is 6.56. The van der Waals surface area contributed by atoms with Gasteiger partial charge in [0.1, 0.15) is 23.1 Å². The van der Waals surface area contributed by atoms with E-state index in [1.54, 1.807) is 30.6 Å². The summed E-state index contributed by atoms with van der Waals surface area (Å²) in [4.78, 5) is 18.3. The van der Waals surface area contributed by atoms with Crippen LogP contribution in [-0.2, 0) is 13.3 Å². The molecule has 0 unspecified atom stereocenters. The number of hydrogen-bond donors (Lipinski definition) is 2. The third-order valence-electron chi connectivity index (χ3n) is 6.56. The molecule has 0 amide bonds. The molecule has 9 nitrogen and oxygen atoms in total. The van der Waals surface area contributed by atoms with Gasteiger partial charge in [0.2, 0.25) is 0 Å². The molecule has 1 aromatic carbocycles. The number of aliphatic hydroxyl groups excluding tert-OH is 1. The second-order valence-electron chi connectivity index (χ2n) is 9.79. The van der Waals surface area contributed by atoms with Gasteiger partial charge in [-0.2, -0.15) is 5.10 Å². The second-order valence-corrected chi connectivity index (χ2v) is 9.79. The van der Waals surface area contributed by atoms with Gasteiger partial charge in [0.25, 0.3) is 0 Å². The molecule has 1 fully saturated rings. The monoisotopic (exact) mass is 509 g/mol. The van der Waals surface area contributed by atoms with E-state index in [1.165, 1.54) is 30.8 Å². The summed E-state index contributed by atoms with van der Waals surface area (Å²) in [6.07, 6.45) is 3.43. The lowest BCUT2D eigenvalue weighted by Gasteiger charge is -2.36. The Bertz CT molecular complexity index is 1400. The number of aromatic nitrogens is 5. The van der Waals surface area contributed by atoms with Crippen molar-refractivity contribution in [2.24, 2.45) is 0 Å². The Morgan fingerprint density at radius 2 is 1.81 bits per heavy atom. The summed E-state index contributed by atoms with van der Waals surface area (Å²) in [5, 5.41) is 24.8. The van der Waals surface area contributed by atoms with Crippen molar-refractivity contribution in [1.29, 1.82) is 0 Å². The highest BCUT2D eigenvalue weighted by Gasteiger charge is 2.28. The van der Waals surface area contributed by atoms with E-state index < -0.39 is 18.5 Å². The van der Waals surface area contributed by atoms with Gasteiger partial charge in [-0.05, 0) is 26.0 Å². The molecule has 1 atom stereocenters. The number of halogens is 2. The molecular weight excluding hydrogens is 480 g/mol. The van der Waals surface area contributed by atoms with E-state index in [0.717, 1.165) is 0 Å². The molecule has 4 heterocycles. The molecule has 0 saturated carbocycles. The van der Waals surface area contributed by atoms with Crippen LogP contribution >= 0.6 is 0 Å². The maximum absolute atomic E-state index is 14.1. The van der Waals surface area contributed by atoms with Crippen LogP contribution in [-0.4, -0.2) is 71.6 Å². The summed E-state index contributed by atoms with van der Waals surface area (Å²) in [5.74, 6) is 0.410. The molecule has 3 aromatic heterocycles. The van der Waals surface area contributed by atoms with Gasteiger partial charge in [0, 0.05) is 50.0 Å². The SMILES string of the molecule is CC(C)(O)[C@@H](O)c1cc2nc(-c3cnn(CF)c3)c(N3CCN(Cc4ccccc4F)CC3)nc2cn1. The first kappa shape index (κ1) is 25.1. The van der Waals surface area contributed by atoms with Crippen LogP contribution < -0.4 is 4.90 Å². The molecule has 0 spiro atoms. The Morgan fingerprint density at radius 3 is 2.49 bits per heavy atom. The van der Waals surface area contributed by atoms with Crippen molar-refractivity contribution in [1.82, 2.24) is 29.6 Å². The molecule has 4 aromatic rings. The topological polar surface area (TPSA) is 103 Å². The summed E-state index contributed by atoms with van der Waals surface area (Å²) in [7, 11) is 0. The Morgan fingerprint density at radius 1 is 1.05 bits per heavy atom. The van der Waals surface area contributed by atoms with Crippen LogP contribution in [0.4, 0.5) is 14.6 Å². The standard InChI is InChI=1S/C26H29F2N7O2/c1-26(2,37)24(36)21-11-20-22(13-29-21)32-25(23(31-20)18-12-30-35(15-18)16-27)34-9-7-33(8-10-34)14-17-5-3-4-6-19(17)28/h3-6,11-13,15,24,36-37H,7-10,14,16H2,1-2H3/t24-/m0/s1. The first-order chi connectivity index (χ1) is 17.7. The first-order valence-electron chi connectivity index (χ1n) is 12.1. The Hall–Kier alpha value is -3.54. The van der Waals surface area contributed by atoms with Gasteiger partial charge in [0.05, 0.1) is 29.2 Å². The van der Waals surface area contributed by atoms with Crippen LogP contribution in [0, 0.1) is 5.82 Å². The van der Waals surface area contributed by atoms with Gasteiger partial charge in [-0.3, -0.25) is 9.88 Å². The fourth-order valence-corrected chi connectivity index (χ4v) is 4.43. The summed E-state index contributed by atoms with van der Waals surface area (Å²) < 4.78 is 28.5. The molecule has 1 aliphatic heterocycles. The van der Waals surface area contributed by atoms with Crippen LogP contribution in [0.15, 0.2) is 48.9 Å². The lowest BCUT2D eigenvalue weighted by atomic mass is 9.98. The molecular formula is C26H29F2N7O2. The number of piperazine rings is 1. The van der Waals surface area contributed by atoms with E-state index in [1.807, 2.05) is 6.07 Å². The minimum atomic E-state index is -1.39. The predicted octanol–water partition coefficient (Wildman–Crippen LogP) is 3.08. The van der Waals surface area contributed by atoms with Gasteiger partial charge in [-0.15, -0.1) is 0 Å². The summed E-state index contributed by atoms with van der Waals surface area (Å²) in [6, 6.07) is 8.39. The van der Waals surface area contributed by atoms with E-state index in [0.29, 0.717) is 66.4 Å². The van der Waals surface area contributed by atoms with Crippen molar-refractivity contribution in [3.63, 3.8) is 0 Å². The molecule has 0 bridgehead atoms. The summed E-state index contributed by atoms with van der Waals surface area (Å²) >= 11 is 0. The zero-order valence-electron chi connectivity index (χ0n) is 20.7. The van der Waals surface area contributed by atoms with E-state index in [-0.39, 0.29) is 11.5 Å². The number of anilines is 1. The number of alkyl halides is 1. The van der Waals surface area contributed by atoms with Crippen LogP contribution in [0.3, 0.4) is 0 Å². The minimum Gasteiger partial charge on any atom is -0.387 e.